The van der Waals surface area contributed by atoms with Crippen LogP contribution in [0, 0.1) is 0 Å². The number of aromatic nitrogens is 3. The molecule has 1 aliphatic rings. The number of sulfonamides is 1. The Morgan fingerprint density at radius 3 is 3.00 bits per heavy atom. The summed E-state index contributed by atoms with van der Waals surface area (Å²) in [5.41, 5.74) is 0. The van der Waals surface area contributed by atoms with Gasteiger partial charge in [0, 0.05) is 6.04 Å². The standard InChI is InChI=1S/C10H19N5O2S/c1-8(10-12-7-13-14-10)15-18(16,17)6-9-4-2-3-5-11-9/h7-9,11,15H,2-6H2,1H3,(H,12,13,14). The van der Waals surface area contributed by atoms with Crippen molar-refractivity contribution in [3.05, 3.63) is 12.2 Å². The minimum atomic E-state index is -3.31. The van der Waals surface area contributed by atoms with Crippen LogP contribution >= 0.6 is 0 Å². The zero-order chi connectivity index (χ0) is 13.0. The predicted octanol–water partition coefficient (Wildman–Crippen LogP) is -0.0728. The maximum absolute atomic E-state index is 12.0. The topological polar surface area (TPSA) is 99.8 Å². The molecule has 2 heterocycles. The Morgan fingerprint density at radius 1 is 1.56 bits per heavy atom. The summed E-state index contributed by atoms with van der Waals surface area (Å²) in [7, 11) is -3.31. The molecule has 8 heteroatoms. The molecule has 0 radical (unpaired) electrons. The maximum atomic E-state index is 12.0. The van der Waals surface area contributed by atoms with Crippen LogP contribution in [0.2, 0.25) is 0 Å². The molecule has 3 N–H and O–H groups in total. The molecule has 1 fully saturated rings. The average Bonchev–Trinajstić information content (AvgIpc) is 2.82. The van der Waals surface area contributed by atoms with Crippen LogP contribution in [0.1, 0.15) is 38.1 Å². The van der Waals surface area contributed by atoms with Gasteiger partial charge in [0.25, 0.3) is 0 Å². The Labute approximate surface area is 107 Å². The largest absolute Gasteiger partial charge is 0.313 e. The van der Waals surface area contributed by atoms with Crippen molar-refractivity contribution in [2.24, 2.45) is 0 Å². The van der Waals surface area contributed by atoms with Gasteiger partial charge in [0.15, 0.2) is 0 Å². The number of aromatic amines is 1. The van der Waals surface area contributed by atoms with Crippen LogP contribution in [0.3, 0.4) is 0 Å². The first-order chi connectivity index (χ1) is 8.57. The van der Waals surface area contributed by atoms with Gasteiger partial charge in [-0.3, -0.25) is 5.10 Å². The average molecular weight is 273 g/mol. The van der Waals surface area contributed by atoms with Crippen molar-refractivity contribution in [1.29, 1.82) is 0 Å². The van der Waals surface area contributed by atoms with Crippen LogP contribution in [0.4, 0.5) is 0 Å². The van der Waals surface area contributed by atoms with E-state index < -0.39 is 10.0 Å². The number of nitrogens with one attached hydrogen (secondary N) is 3. The van der Waals surface area contributed by atoms with Crippen molar-refractivity contribution in [2.45, 2.75) is 38.3 Å². The van der Waals surface area contributed by atoms with Crippen molar-refractivity contribution < 1.29 is 8.42 Å². The van der Waals surface area contributed by atoms with Crippen LogP contribution in [-0.2, 0) is 10.0 Å². The third kappa shape index (κ3) is 3.76. The second-order valence-electron chi connectivity index (χ2n) is 4.64. The minimum Gasteiger partial charge on any atom is -0.313 e. The summed E-state index contributed by atoms with van der Waals surface area (Å²) in [5.74, 6) is 0.640. The van der Waals surface area contributed by atoms with Gasteiger partial charge in [0.1, 0.15) is 12.2 Å². The van der Waals surface area contributed by atoms with E-state index in [4.69, 9.17) is 0 Å². The van der Waals surface area contributed by atoms with E-state index in [2.05, 4.69) is 25.2 Å². The Morgan fingerprint density at radius 2 is 2.39 bits per heavy atom. The summed E-state index contributed by atoms with van der Waals surface area (Å²) in [6.07, 6.45) is 4.49. The van der Waals surface area contributed by atoms with Gasteiger partial charge in [-0.25, -0.2) is 18.1 Å². The Balaban J connectivity index is 1.90. The zero-order valence-electron chi connectivity index (χ0n) is 10.4. The summed E-state index contributed by atoms with van der Waals surface area (Å²) >= 11 is 0. The molecule has 2 rings (SSSR count). The fourth-order valence-corrected chi connectivity index (χ4v) is 3.69. The van der Waals surface area contributed by atoms with Crippen LogP contribution in [-0.4, -0.2) is 41.9 Å². The Hall–Kier alpha value is -0.990. The van der Waals surface area contributed by atoms with E-state index in [-0.39, 0.29) is 17.8 Å². The molecule has 0 amide bonds. The quantitative estimate of drug-likeness (QED) is 0.697. The van der Waals surface area contributed by atoms with E-state index >= 15 is 0 Å². The Kier molecular flexibility index (Phi) is 4.31. The first-order valence-corrected chi connectivity index (χ1v) is 7.81. The molecule has 0 saturated carbocycles. The van der Waals surface area contributed by atoms with Crippen LogP contribution < -0.4 is 10.0 Å². The second kappa shape index (κ2) is 5.77. The SMILES string of the molecule is CC(NS(=O)(=O)CC1CCCCN1)c1ncn[nH]1. The van der Waals surface area contributed by atoms with E-state index in [9.17, 15) is 8.42 Å². The Bertz CT molecular complexity index is 453. The molecule has 7 nitrogen and oxygen atoms in total. The first-order valence-electron chi connectivity index (χ1n) is 6.15. The normalized spacial score (nSPS) is 22.8. The fourth-order valence-electron chi connectivity index (χ4n) is 2.13. The summed E-state index contributed by atoms with van der Waals surface area (Å²) in [4.78, 5) is 3.94. The third-order valence-corrected chi connectivity index (χ3v) is 4.59. The lowest BCUT2D eigenvalue weighted by Gasteiger charge is -2.23. The van der Waals surface area contributed by atoms with Gasteiger partial charge in [-0.15, -0.1) is 0 Å². The van der Waals surface area contributed by atoms with Crippen LogP contribution in [0.5, 0.6) is 0 Å². The number of piperidine rings is 1. The second-order valence-corrected chi connectivity index (χ2v) is 6.44. The molecule has 0 spiro atoms. The highest BCUT2D eigenvalue weighted by molar-refractivity contribution is 7.89. The summed E-state index contributed by atoms with van der Waals surface area (Å²) in [6, 6.07) is -0.334. The molecule has 1 saturated heterocycles. The molecule has 102 valence electrons. The maximum Gasteiger partial charge on any atom is 0.213 e. The van der Waals surface area contributed by atoms with E-state index in [0.717, 1.165) is 25.8 Å². The van der Waals surface area contributed by atoms with E-state index in [1.807, 2.05) is 0 Å². The van der Waals surface area contributed by atoms with E-state index in [1.54, 1.807) is 6.92 Å². The van der Waals surface area contributed by atoms with Gasteiger partial charge in [-0.05, 0) is 26.3 Å². The summed E-state index contributed by atoms with van der Waals surface area (Å²) in [6.45, 7) is 2.64. The van der Waals surface area contributed by atoms with Crippen molar-refractivity contribution in [3.63, 3.8) is 0 Å². The van der Waals surface area contributed by atoms with Crippen molar-refractivity contribution in [3.8, 4) is 0 Å². The lowest BCUT2D eigenvalue weighted by Crippen LogP contribution is -2.43. The molecule has 0 aliphatic carbocycles. The molecule has 1 aliphatic heterocycles. The van der Waals surface area contributed by atoms with Crippen LogP contribution in [0.25, 0.3) is 0 Å². The molecular formula is C10H19N5O2S. The van der Waals surface area contributed by atoms with E-state index in [1.165, 1.54) is 6.33 Å². The van der Waals surface area contributed by atoms with E-state index in [0.29, 0.717) is 5.82 Å². The number of H-pyrrole nitrogens is 1. The lowest BCUT2D eigenvalue weighted by atomic mass is 10.1. The van der Waals surface area contributed by atoms with Crippen molar-refractivity contribution in [1.82, 2.24) is 25.2 Å². The van der Waals surface area contributed by atoms with Crippen LogP contribution in [0.15, 0.2) is 6.33 Å². The summed E-state index contributed by atoms with van der Waals surface area (Å²) < 4.78 is 26.6. The van der Waals surface area contributed by atoms with Crippen molar-refractivity contribution in [2.75, 3.05) is 12.3 Å². The van der Waals surface area contributed by atoms with Gasteiger partial charge < -0.3 is 5.32 Å². The van der Waals surface area contributed by atoms with Gasteiger partial charge in [-0.1, -0.05) is 6.42 Å². The lowest BCUT2D eigenvalue weighted by molar-refractivity contribution is 0.421. The number of nitrogens with zero attached hydrogens (tertiary/aromatic N) is 2. The molecule has 2 unspecified atom stereocenters. The molecule has 18 heavy (non-hydrogen) atoms. The predicted molar refractivity (Wildman–Crippen MR) is 67.4 cm³/mol. The molecule has 1 aromatic rings. The molecule has 0 aromatic carbocycles. The number of rotatable bonds is 5. The van der Waals surface area contributed by atoms with Gasteiger partial charge >= 0.3 is 0 Å². The molecular weight excluding hydrogens is 254 g/mol. The third-order valence-electron chi connectivity index (χ3n) is 3.03. The highest BCUT2D eigenvalue weighted by atomic mass is 32.2. The first kappa shape index (κ1) is 13.4. The monoisotopic (exact) mass is 273 g/mol. The van der Waals surface area contributed by atoms with Gasteiger partial charge in [-0.2, -0.15) is 5.10 Å². The zero-order valence-corrected chi connectivity index (χ0v) is 11.2. The molecule has 2 atom stereocenters. The summed E-state index contributed by atoms with van der Waals surface area (Å²) in [5, 5.41) is 9.59. The van der Waals surface area contributed by atoms with Gasteiger partial charge in [0.2, 0.25) is 10.0 Å². The minimum absolute atomic E-state index is 0.0539. The smallest absolute Gasteiger partial charge is 0.213 e. The molecule has 1 aromatic heterocycles. The van der Waals surface area contributed by atoms with Gasteiger partial charge in [0.05, 0.1) is 11.8 Å². The number of hydrogen-bond acceptors (Lipinski definition) is 5. The number of hydrogen-bond donors (Lipinski definition) is 3. The van der Waals surface area contributed by atoms with Crippen molar-refractivity contribution >= 4 is 10.0 Å². The highest BCUT2D eigenvalue weighted by Crippen LogP contribution is 2.11. The fraction of sp³-hybridized carbons (Fsp3) is 0.800. The molecule has 0 bridgehead atoms. The highest BCUT2D eigenvalue weighted by Gasteiger charge is 2.23.